The second-order valence-electron chi connectivity index (χ2n) is 6.08. The number of aromatic nitrogens is 2. The Morgan fingerprint density at radius 2 is 1.48 bits per heavy atom. The number of hydrogen-bond donors (Lipinski definition) is 0. The van der Waals surface area contributed by atoms with Crippen LogP contribution in [0.3, 0.4) is 0 Å². The van der Waals surface area contributed by atoms with Gasteiger partial charge in [-0.05, 0) is 61.5 Å². The largest absolute Gasteiger partial charge is 0.489 e. The summed E-state index contributed by atoms with van der Waals surface area (Å²) in [4.78, 5) is 0. The summed E-state index contributed by atoms with van der Waals surface area (Å²) >= 11 is 11.1. The molecule has 2 aromatic carbocycles. The molecule has 150 valence electrons. The summed E-state index contributed by atoms with van der Waals surface area (Å²) in [5.41, 5.74) is 1.74. The normalized spacial score (nSPS) is 10.3. The van der Waals surface area contributed by atoms with Crippen LogP contribution in [0.2, 0.25) is 0 Å². The average Bonchev–Trinajstić information content (AvgIpc) is 2.97. The van der Waals surface area contributed by atoms with E-state index in [-0.39, 0.29) is 4.49 Å². The molecule has 3 rings (SSSR count). The third kappa shape index (κ3) is 5.56. The van der Waals surface area contributed by atoms with E-state index in [2.05, 4.69) is 11.7 Å². The fourth-order valence-corrected chi connectivity index (χ4v) is 2.76. The summed E-state index contributed by atoms with van der Waals surface area (Å²) in [6.07, 6.45) is 3.31. The molecule has 0 amide bonds. The van der Waals surface area contributed by atoms with Crippen LogP contribution >= 0.6 is 23.2 Å². The summed E-state index contributed by atoms with van der Waals surface area (Å²) in [7, 11) is 1.83. The lowest BCUT2D eigenvalue weighted by Gasteiger charge is -2.10. The summed E-state index contributed by atoms with van der Waals surface area (Å²) in [5.74, 6) is 3.39. The zero-order valence-electron chi connectivity index (χ0n) is 16.1. The van der Waals surface area contributed by atoms with E-state index in [1.54, 1.807) is 16.8 Å². The van der Waals surface area contributed by atoms with E-state index in [0.717, 1.165) is 11.3 Å². The number of aryl methyl sites for hydroxylation is 2. The molecular weight excluding hydrogens is 411 g/mol. The van der Waals surface area contributed by atoms with Crippen molar-refractivity contribution in [3.63, 3.8) is 0 Å². The number of halogens is 2. The monoisotopic (exact) mass is 430 g/mol. The van der Waals surface area contributed by atoms with Gasteiger partial charge in [-0.2, -0.15) is 5.10 Å². The molecule has 1 heterocycles. The van der Waals surface area contributed by atoms with Crippen molar-refractivity contribution >= 4 is 29.3 Å². The van der Waals surface area contributed by atoms with Gasteiger partial charge < -0.3 is 14.2 Å². The molecule has 0 aliphatic carbocycles. The maximum Gasteiger partial charge on any atom is 0.225 e. The number of benzene rings is 2. The van der Waals surface area contributed by atoms with Crippen molar-refractivity contribution in [1.29, 1.82) is 0 Å². The third-order valence-corrected chi connectivity index (χ3v) is 4.31. The first kappa shape index (κ1) is 20.8. The van der Waals surface area contributed by atoms with Crippen molar-refractivity contribution in [2.75, 3.05) is 6.61 Å². The van der Waals surface area contributed by atoms with Gasteiger partial charge in [-0.15, -0.1) is 0 Å². The van der Waals surface area contributed by atoms with E-state index in [1.165, 1.54) is 0 Å². The number of ether oxygens (including phenoxy) is 3. The van der Waals surface area contributed by atoms with Gasteiger partial charge in [0.1, 0.15) is 34.1 Å². The molecular formula is C22H20Cl2N2O3. The van der Waals surface area contributed by atoms with E-state index < -0.39 is 0 Å². The summed E-state index contributed by atoms with van der Waals surface area (Å²) < 4.78 is 19.2. The Morgan fingerprint density at radius 1 is 0.966 bits per heavy atom. The maximum atomic E-state index is 5.96. The van der Waals surface area contributed by atoms with Crippen molar-refractivity contribution < 1.29 is 14.2 Å². The van der Waals surface area contributed by atoms with E-state index in [4.69, 9.17) is 37.4 Å². The van der Waals surface area contributed by atoms with Crippen LogP contribution in [0.5, 0.6) is 28.9 Å². The van der Waals surface area contributed by atoms with Gasteiger partial charge in [0, 0.05) is 7.05 Å². The predicted molar refractivity (Wildman–Crippen MR) is 116 cm³/mol. The SMILES string of the molecule is C=Cc1c(C)nn(C)c1Oc1ccc(Oc2ccc(OCC=C(Cl)Cl)cc2)cc1. The van der Waals surface area contributed by atoms with Crippen molar-refractivity contribution in [2.45, 2.75) is 6.92 Å². The topological polar surface area (TPSA) is 45.5 Å². The first-order valence-electron chi connectivity index (χ1n) is 8.82. The molecule has 0 aliphatic rings. The molecule has 7 heteroatoms. The Labute approximate surface area is 179 Å². The molecule has 0 saturated heterocycles. The maximum absolute atomic E-state index is 5.96. The van der Waals surface area contributed by atoms with Crippen molar-refractivity contribution in [2.24, 2.45) is 7.05 Å². The minimum Gasteiger partial charge on any atom is -0.489 e. The van der Waals surface area contributed by atoms with Gasteiger partial charge in [-0.3, -0.25) is 0 Å². The van der Waals surface area contributed by atoms with Crippen LogP contribution in [0.1, 0.15) is 11.3 Å². The minimum atomic E-state index is 0.177. The molecule has 29 heavy (non-hydrogen) atoms. The Kier molecular flexibility index (Phi) is 6.86. The molecule has 0 atom stereocenters. The van der Waals surface area contributed by atoms with Crippen LogP contribution in [0.4, 0.5) is 0 Å². The van der Waals surface area contributed by atoms with Crippen LogP contribution in [-0.2, 0) is 7.05 Å². The number of nitrogens with zero attached hydrogens (tertiary/aromatic N) is 2. The Hall–Kier alpha value is -2.89. The Balaban J connectivity index is 1.62. The molecule has 0 radical (unpaired) electrons. The number of rotatable bonds is 8. The highest BCUT2D eigenvalue weighted by Crippen LogP contribution is 2.30. The lowest BCUT2D eigenvalue weighted by Crippen LogP contribution is -1.96. The smallest absolute Gasteiger partial charge is 0.225 e. The second-order valence-corrected chi connectivity index (χ2v) is 7.09. The fourth-order valence-electron chi connectivity index (χ4n) is 2.64. The van der Waals surface area contributed by atoms with Crippen LogP contribution in [-0.4, -0.2) is 16.4 Å². The molecule has 3 aromatic rings. The second kappa shape index (κ2) is 9.54. The van der Waals surface area contributed by atoms with Gasteiger partial charge in [0.15, 0.2) is 0 Å². The quantitative estimate of drug-likeness (QED) is 0.400. The predicted octanol–water partition coefficient (Wildman–Crippen LogP) is 6.65. The van der Waals surface area contributed by atoms with Gasteiger partial charge in [-0.1, -0.05) is 35.9 Å². The molecule has 0 aliphatic heterocycles. The van der Waals surface area contributed by atoms with Gasteiger partial charge in [0.25, 0.3) is 0 Å². The lowest BCUT2D eigenvalue weighted by atomic mass is 10.2. The summed E-state index contributed by atoms with van der Waals surface area (Å²) in [6, 6.07) is 14.6. The van der Waals surface area contributed by atoms with E-state index in [1.807, 2.05) is 62.5 Å². The highest BCUT2D eigenvalue weighted by atomic mass is 35.5. The zero-order chi connectivity index (χ0) is 20.8. The van der Waals surface area contributed by atoms with Crippen molar-refractivity contribution in [1.82, 2.24) is 9.78 Å². The van der Waals surface area contributed by atoms with E-state index in [9.17, 15) is 0 Å². The standard InChI is InChI=1S/C22H20Cl2N2O3/c1-4-20-15(2)25-26(3)22(20)29-19-11-9-18(10-12-19)28-17-7-5-16(6-8-17)27-14-13-21(23)24/h4-13H,1,14H2,2-3H3. The third-order valence-electron chi connectivity index (χ3n) is 4.00. The molecule has 0 bridgehead atoms. The molecule has 0 fully saturated rings. The molecule has 0 N–H and O–H groups in total. The van der Waals surface area contributed by atoms with Crippen LogP contribution in [0, 0.1) is 6.92 Å². The Bertz CT molecular complexity index is 1010. The van der Waals surface area contributed by atoms with Gasteiger partial charge in [0.2, 0.25) is 5.88 Å². The van der Waals surface area contributed by atoms with Crippen LogP contribution < -0.4 is 14.2 Å². The molecule has 0 saturated carbocycles. The van der Waals surface area contributed by atoms with Crippen LogP contribution in [0.15, 0.2) is 65.7 Å². The first-order valence-corrected chi connectivity index (χ1v) is 9.57. The minimum absolute atomic E-state index is 0.177. The summed E-state index contributed by atoms with van der Waals surface area (Å²) in [6.45, 7) is 6.04. The average molecular weight is 431 g/mol. The zero-order valence-corrected chi connectivity index (χ0v) is 17.6. The Morgan fingerprint density at radius 3 is 2.00 bits per heavy atom. The van der Waals surface area contributed by atoms with Crippen molar-refractivity contribution in [3.8, 4) is 28.9 Å². The lowest BCUT2D eigenvalue weighted by molar-refractivity contribution is 0.362. The van der Waals surface area contributed by atoms with E-state index >= 15 is 0 Å². The fraction of sp³-hybridized carbons (Fsp3) is 0.136. The van der Waals surface area contributed by atoms with Gasteiger partial charge in [0.05, 0.1) is 11.3 Å². The molecule has 5 nitrogen and oxygen atoms in total. The van der Waals surface area contributed by atoms with E-state index in [0.29, 0.717) is 35.5 Å². The molecule has 0 spiro atoms. The highest BCUT2D eigenvalue weighted by molar-refractivity contribution is 6.55. The van der Waals surface area contributed by atoms with Gasteiger partial charge in [-0.25, -0.2) is 4.68 Å². The summed E-state index contributed by atoms with van der Waals surface area (Å²) in [5, 5.41) is 4.35. The van der Waals surface area contributed by atoms with Gasteiger partial charge >= 0.3 is 0 Å². The molecule has 0 unspecified atom stereocenters. The van der Waals surface area contributed by atoms with Crippen molar-refractivity contribution in [3.05, 3.63) is 76.9 Å². The first-order chi connectivity index (χ1) is 14.0. The number of hydrogen-bond acceptors (Lipinski definition) is 4. The highest BCUT2D eigenvalue weighted by Gasteiger charge is 2.12. The molecule has 1 aromatic heterocycles. The van der Waals surface area contributed by atoms with Crippen LogP contribution in [0.25, 0.3) is 6.08 Å².